The highest BCUT2D eigenvalue weighted by Gasteiger charge is 2.70. The van der Waals surface area contributed by atoms with Crippen LogP contribution in [0.2, 0.25) is 0 Å². The maximum Gasteiger partial charge on any atom is 0.243 e. The summed E-state index contributed by atoms with van der Waals surface area (Å²) in [6, 6.07) is 0. The third-order valence-corrected chi connectivity index (χ3v) is 7.28. The Kier molecular flexibility index (Phi) is 4.53. The predicted molar refractivity (Wildman–Crippen MR) is 96.5 cm³/mol. The number of carbonyl (C=O) groups is 1. The van der Waals surface area contributed by atoms with Crippen LogP contribution in [0.5, 0.6) is 0 Å². The first-order chi connectivity index (χ1) is 11.1. The van der Waals surface area contributed by atoms with E-state index in [1.54, 1.807) is 0 Å². The molecule has 1 aliphatic carbocycles. The van der Waals surface area contributed by atoms with E-state index in [9.17, 15) is 4.79 Å². The molecule has 0 aromatic carbocycles. The molecule has 0 aromatic heterocycles. The van der Waals surface area contributed by atoms with Crippen LogP contribution in [-0.2, 0) is 9.53 Å². The average Bonchev–Trinajstić information content (AvgIpc) is 2.79. The van der Waals surface area contributed by atoms with Crippen molar-refractivity contribution >= 4 is 5.91 Å². The number of nitrogens with two attached hydrogens (primary N) is 1. The molecule has 138 valence electrons. The van der Waals surface area contributed by atoms with Crippen LogP contribution in [0.4, 0.5) is 0 Å². The molecule has 4 atom stereocenters. The fraction of sp³-hybridized carbons (Fsp3) is 0.950. The lowest BCUT2D eigenvalue weighted by Crippen LogP contribution is -2.82. The van der Waals surface area contributed by atoms with Gasteiger partial charge in [0.1, 0.15) is 5.54 Å². The van der Waals surface area contributed by atoms with Crippen molar-refractivity contribution < 1.29 is 9.53 Å². The summed E-state index contributed by atoms with van der Waals surface area (Å²) in [5.41, 5.74) is 6.10. The van der Waals surface area contributed by atoms with Gasteiger partial charge in [-0.05, 0) is 43.4 Å². The van der Waals surface area contributed by atoms with Gasteiger partial charge in [0, 0.05) is 31.0 Å². The highest BCUT2D eigenvalue weighted by atomic mass is 16.5. The van der Waals surface area contributed by atoms with E-state index < -0.39 is 5.54 Å². The van der Waals surface area contributed by atoms with Crippen molar-refractivity contribution in [2.24, 2.45) is 28.4 Å². The number of fused-ring (bicyclic) bond motifs is 1. The van der Waals surface area contributed by atoms with Crippen LogP contribution in [-0.4, -0.2) is 42.1 Å². The minimum Gasteiger partial charge on any atom is -0.377 e. The highest BCUT2D eigenvalue weighted by molar-refractivity contribution is 5.89. The molecule has 0 aromatic rings. The van der Waals surface area contributed by atoms with Gasteiger partial charge in [0.15, 0.2) is 0 Å². The topological polar surface area (TPSA) is 55.6 Å². The van der Waals surface area contributed by atoms with E-state index in [0.717, 1.165) is 45.4 Å². The highest BCUT2D eigenvalue weighted by Crippen LogP contribution is 2.58. The van der Waals surface area contributed by atoms with Gasteiger partial charge in [-0.3, -0.25) is 4.79 Å². The Morgan fingerprint density at radius 1 is 1.12 bits per heavy atom. The van der Waals surface area contributed by atoms with E-state index in [4.69, 9.17) is 10.5 Å². The number of hydrogen-bond acceptors (Lipinski definition) is 3. The zero-order chi connectivity index (χ0) is 17.8. The third kappa shape index (κ3) is 2.61. The molecule has 24 heavy (non-hydrogen) atoms. The van der Waals surface area contributed by atoms with Crippen molar-refractivity contribution in [3.63, 3.8) is 0 Å². The second-order valence-corrected chi connectivity index (χ2v) is 9.92. The first-order valence-electron chi connectivity index (χ1n) is 9.80. The molecule has 4 heteroatoms. The van der Waals surface area contributed by atoms with Crippen LogP contribution in [0.3, 0.4) is 0 Å². The van der Waals surface area contributed by atoms with Crippen molar-refractivity contribution in [2.45, 2.75) is 78.4 Å². The molecule has 3 aliphatic rings. The normalized spacial score (nSPS) is 39.6. The Bertz CT molecular complexity index is 496. The van der Waals surface area contributed by atoms with E-state index in [1.807, 2.05) is 0 Å². The SMILES string of the molecule is CC(C)(C)C1CCCN(C(=O)C2(N)C3CCCOC3C2(C)C)CC1. The Morgan fingerprint density at radius 3 is 2.50 bits per heavy atom. The summed E-state index contributed by atoms with van der Waals surface area (Å²) in [5.74, 6) is 1.05. The van der Waals surface area contributed by atoms with Crippen LogP contribution in [0.15, 0.2) is 0 Å². The van der Waals surface area contributed by atoms with E-state index in [0.29, 0.717) is 11.3 Å². The Balaban J connectivity index is 1.74. The second-order valence-electron chi connectivity index (χ2n) is 9.92. The zero-order valence-electron chi connectivity index (χ0n) is 16.2. The first-order valence-corrected chi connectivity index (χ1v) is 9.80. The van der Waals surface area contributed by atoms with E-state index in [1.165, 1.54) is 6.42 Å². The number of nitrogens with zero attached hydrogens (tertiary/aromatic N) is 1. The van der Waals surface area contributed by atoms with Gasteiger partial charge in [-0.25, -0.2) is 0 Å². The Hall–Kier alpha value is -0.610. The third-order valence-electron chi connectivity index (χ3n) is 7.28. The number of rotatable bonds is 1. The standard InChI is InChI=1S/C20H36N2O2/c1-18(2,3)14-8-6-11-22(12-10-14)17(23)20(21)15-9-7-13-24-16(15)19(20,4)5/h14-16H,6-13,21H2,1-5H3. The second kappa shape index (κ2) is 5.98. The summed E-state index contributed by atoms with van der Waals surface area (Å²) in [6.07, 6.45) is 5.59. The predicted octanol–water partition coefficient (Wildman–Crippen LogP) is 3.19. The zero-order valence-corrected chi connectivity index (χ0v) is 16.2. The summed E-state index contributed by atoms with van der Waals surface area (Å²) >= 11 is 0. The number of hydrogen-bond donors (Lipinski definition) is 1. The first kappa shape index (κ1) is 18.2. The molecular formula is C20H36N2O2. The largest absolute Gasteiger partial charge is 0.377 e. The van der Waals surface area contributed by atoms with Gasteiger partial charge < -0.3 is 15.4 Å². The smallest absolute Gasteiger partial charge is 0.243 e. The van der Waals surface area contributed by atoms with Gasteiger partial charge >= 0.3 is 0 Å². The molecule has 2 aliphatic heterocycles. The molecule has 4 nitrogen and oxygen atoms in total. The Morgan fingerprint density at radius 2 is 1.83 bits per heavy atom. The lowest BCUT2D eigenvalue weighted by Gasteiger charge is -2.65. The molecule has 0 spiro atoms. The molecule has 2 heterocycles. The molecule has 2 saturated heterocycles. The molecule has 2 N–H and O–H groups in total. The molecule has 1 amide bonds. The van der Waals surface area contributed by atoms with Crippen LogP contribution in [0.25, 0.3) is 0 Å². The summed E-state index contributed by atoms with van der Waals surface area (Å²) < 4.78 is 5.96. The molecule has 4 unspecified atom stereocenters. The molecular weight excluding hydrogens is 300 g/mol. The average molecular weight is 337 g/mol. The fourth-order valence-electron chi connectivity index (χ4n) is 5.44. The lowest BCUT2D eigenvalue weighted by atomic mass is 9.46. The molecule has 0 radical (unpaired) electrons. The summed E-state index contributed by atoms with van der Waals surface area (Å²) in [5, 5.41) is 0. The quantitative estimate of drug-likeness (QED) is 0.800. The van der Waals surface area contributed by atoms with Crippen molar-refractivity contribution in [1.29, 1.82) is 0 Å². The number of likely N-dealkylation sites (tertiary alicyclic amines) is 1. The van der Waals surface area contributed by atoms with Crippen molar-refractivity contribution in [3.8, 4) is 0 Å². The van der Waals surface area contributed by atoms with Crippen LogP contribution in [0, 0.1) is 22.7 Å². The summed E-state index contributed by atoms with van der Waals surface area (Å²) in [4.78, 5) is 15.5. The molecule has 1 saturated carbocycles. The van der Waals surface area contributed by atoms with Gasteiger partial charge in [0.25, 0.3) is 0 Å². The van der Waals surface area contributed by atoms with E-state index >= 15 is 0 Å². The monoisotopic (exact) mass is 336 g/mol. The van der Waals surface area contributed by atoms with Crippen molar-refractivity contribution in [1.82, 2.24) is 4.90 Å². The van der Waals surface area contributed by atoms with Crippen LogP contribution in [0.1, 0.15) is 66.7 Å². The molecule has 3 fully saturated rings. The fourth-order valence-corrected chi connectivity index (χ4v) is 5.44. The van der Waals surface area contributed by atoms with Gasteiger partial charge in [-0.1, -0.05) is 34.6 Å². The minimum atomic E-state index is -0.750. The van der Waals surface area contributed by atoms with Crippen molar-refractivity contribution in [2.75, 3.05) is 19.7 Å². The van der Waals surface area contributed by atoms with E-state index in [2.05, 4.69) is 39.5 Å². The number of carbonyl (C=O) groups excluding carboxylic acids is 1. The van der Waals surface area contributed by atoms with E-state index in [-0.39, 0.29) is 23.3 Å². The maximum atomic E-state index is 13.4. The Labute approximate surface area is 147 Å². The van der Waals surface area contributed by atoms with Crippen molar-refractivity contribution in [3.05, 3.63) is 0 Å². The van der Waals surface area contributed by atoms with Gasteiger partial charge in [0.2, 0.25) is 5.91 Å². The molecule has 0 bridgehead atoms. The van der Waals surface area contributed by atoms with Gasteiger partial charge in [-0.15, -0.1) is 0 Å². The maximum absolute atomic E-state index is 13.4. The van der Waals surface area contributed by atoms with Gasteiger partial charge in [0.05, 0.1) is 6.10 Å². The summed E-state index contributed by atoms with van der Waals surface area (Å²) in [6.45, 7) is 13.7. The minimum absolute atomic E-state index is 0.148. The van der Waals surface area contributed by atoms with Crippen LogP contribution >= 0.6 is 0 Å². The summed E-state index contributed by atoms with van der Waals surface area (Å²) in [7, 11) is 0. The molecule has 3 rings (SSSR count). The number of amides is 1. The number of ether oxygens (including phenoxy) is 1. The lowest BCUT2D eigenvalue weighted by molar-refractivity contribution is -0.230. The van der Waals surface area contributed by atoms with Crippen LogP contribution < -0.4 is 5.73 Å². The van der Waals surface area contributed by atoms with Gasteiger partial charge in [-0.2, -0.15) is 0 Å².